The molecule has 0 unspecified atom stereocenters. The Morgan fingerprint density at radius 2 is 1.76 bits per heavy atom. The van der Waals surface area contributed by atoms with Crippen LogP contribution in [-0.4, -0.2) is 60.0 Å². The van der Waals surface area contributed by atoms with Crippen molar-refractivity contribution in [1.29, 1.82) is 0 Å². The largest absolute Gasteiger partial charge is 0.392 e. The highest BCUT2D eigenvalue weighted by Crippen LogP contribution is 2.21. The molecule has 1 aliphatic rings. The molecular formula is C14H19BrN4OS. The molecule has 5 nitrogen and oxygen atoms in total. The molecule has 0 spiro atoms. The third kappa shape index (κ3) is 5.35. The van der Waals surface area contributed by atoms with E-state index in [0.29, 0.717) is 18.1 Å². The van der Waals surface area contributed by atoms with Crippen molar-refractivity contribution in [2.75, 3.05) is 44.6 Å². The number of hydrogen-bond acceptors (Lipinski definition) is 4. The van der Waals surface area contributed by atoms with Crippen molar-refractivity contribution in [3.63, 3.8) is 0 Å². The molecule has 1 aliphatic heterocycles. The van der Waals surface area contributed by atoms with Crippen LogP contribution < -0.4 is 11.1 Å². The highest BCUT2D eigenvalue weighted by Gasteiger charge is 2.19. The van der Waals surface area contributed by atoms with Gasteiger partial charge in [-0.2, -0.15) is 0 Å². The summed E-state index contributed by atoms with van der Waals surface area (Å²) in [6, 6.07) is 7.60. The molecule has 1 saturated heterocycles. The summed E-state index contributed by atoms with van der Waals surface area (Å²) in [4.78, 5) is 16.9. The fraction of sp³-hybridized carbons (Fsp3) is 0.429. The standard InChI is InChI=1S/C14H19BrN4OS/c15-11-3-1-2-4-12(11)17-14(20)10-19-7-5-18(6-8-19)9-13(16)21/h1-4H,5-10H2,(H2,16,21)(H,17,20). The van der Waals surface area contributed by atoms with E-state index in [9.17, 15) is 4.79 Å². The summed E-state index contributed by atoms with van der Waals surface area (Å²) in [5.41, 5.74) is 6.35. The highest BCUT2D eigenvalue weighted by atomic mass is 79.9. The lowest BCUT2D eigenvalue weighted by atomic mass is 10.3. The molecule has 1 heterocycles. The Morgan fingerprint density at radius 3 is 2.33 bits per heavy atom. The molecule has 0 bridgehead atoms. The molecule has 1 fully saturated rings. The van der Waals surface area contributed by atoms with E-state index in [-0.39, 0.29) is 5.91 Å². The minimum Gasteiger partial charge on any atom is -0.392 e. The Morgan fingerprint density at radius 1 is 1.19 bits per heavy atom. The number of nitrogens with zero attached hydrogens (tertiary/aromatic N) is 2. The van der Waals surface area contributed by atoms with Gasteiger partial charge < -0.3 is 11.1 Å². The van der Waals surface area contributed by atoms with E-state index in [2.05, 4.69) is 31.0 Å². The van der Waals surface area contributed by atoms with Crippen LogP contribution in [0, 0.1) is 0 Å². The lowest BCUT2D eigenvalue weighted by Crippen LogP contribution is -2.50. The van der Waals surface area contributed by atoms with Gasteiger partial charge >= 0.3 is 0 Å². The average molecular weight is 371 g/mol. The predicted octanol–water partition coefficient (Wildman–Crippen LogP) is 1.29. The molecule has 0 atom stereocenters. The molecule has 0 radical (unpaired) electrons. The zero-order valence-corrected chi connectivity index (χ0v) is 14.1. The van der Waals surface area contributed by atoms with Crippen molar-refractivity contribution >= 4 is 44.7 Å². The molecule has 1 amide bonds. The summed E-state index contributed by atoms with van der Waals surface area (Å²) in [7, 11) is 0. The van der Waals surface area contributed by atoms with Gasteiger partial charge in [0.2, 0.25) is 5.91 Å². The first kappa shape index (κ1) is 16.4. The van der Waals surface area contributed by atoms with E-state index < -0.39 is 0 Å². The van der Waals surface area contributed by atoms with Gasteiger partial charge in [0.15, 0.2) is 0 Å². The van der Waals surface area contributed by atoms with Crippen molar-refractivity contribution in [2.24, 2.45) is 5.73 Å². The van der Waals surface area contributed by atoms with Gasteiger partial charge in [-0.1, -0.05) is 24.4 Å². The van der Waals surface area contributed by atoms with Crippen molar-refractivity contribution < 1.29 is 4.79 Å². The summed E-state index contributed by atoms with van der Waals surface area (Å²) in [6.07, 6.45) is 0. The Labute approximate surface area is 138 Å². The SMILES string of the molecule is NC(=S)CN1CCN(CC(=O)Nc2ccccc2Br)CC1. The van der Waals surface area contributed by atoms with Crippen molar-refractivity contribution in [3.05, 3.63) is 28.7 Å². The fourth-order valence-electron chi connectivity index (χ4n) is 2.28. The predicted molar refractivity (Wildman–Crippen MR) is 92.4 cm³/mol. The van der Waals surface area contributed by atoms with Crippen LogP contribution in [0.1, 0.15) is 0 Å². The van der Waals surface area contributed by atoms with Crippen LogP contribution in [0.2, 0.25) is 0 Å². The van der Waals surface area contributed by atoms with Crippen LogP contribution in [0.25, 0.3) is 0 Å². The van der Waals surface area contributed by atoms with E-state index >= 15 is 0 Å². The fourth-order valence-corrected chi connectivity index (χ4v) is 2.85. The zero-order chi connectivity index (χ0) is 15.2. The first-order valence-electron chi connectivity index (χ1n) is 6.82. The topological polar surface area (TPSA) is 61.6 Å². The van der Waals surface area contributed by atoms with E-state index in [1.807, 2.05) is 24.3 Å². The van der Waals surface area contributed by atoms with Gasteiger partial charge in [0, 0.05) is 37.2 Å². The average Bonchev–Trinajstić information content (AvgIpc) is 2.43. The van der Waals surface area contributed by atoms with Crippen LogP contribution in [0.4, 0.5) is 5.69 Å². The maximum absolute atomic E-state index is 12.1. The number of nitrogens with two attached hydrogens (primary N) is 1. The van der Waals surface area contributed by atoms with Gasteiger partial charge in [0.25, 0.3) is 0 Å². The van der Waals surface area contributed by atoms with Gasteiger partial charge in [0.05, 0.1) is 17.2 Å². The normalized spacial score (nSPS) is 16.6. The number of halogens is 1. The Hall–Kier alpha value is -1.02. The first-order chi connectivity index (χ1) is 10.0. The molecule has 2 rings (SSSR count). The Kier molecular flexibility index (Phi) is 6.10. The summed E-state index contributed by atoms with van der Waals surface area (Å²) in [6.45, 7) is 4.55. The number of carbonyl (C=O) groups excluding carboxylic acids is 1. The van der Waals surface area contributed by atoms with Gasteiger partial charge in [-0.15, -0.1) is 0 Å². The molecule has 3 N–H and O–H groups in total. The van der Waals surface area contributed by atoms with E-state index in [0.717, 1.165) is 36.3 Å². The molecule has 21 heavy (non-hydrogen) atoms. The zero-order valence-electron chi connectivity index (χ0n) is 11.7. The van der Waals surface area contributed by atoms with Gasteiger partial charge in [-0.05, 0) is 28.1 Å². The number of carbonyl (C=O) groups is 1. The number of rotatable bonds is 5. The monoisotopic (exact) mass is 370 g/mol. The number of para-hydroxylation sites is 1. The Balaban J connectivity index is 1.77. The first-order valence-corrected chi connectivity index (χ1v) is 8.02. The number of thiocarbonyl (C=S) groups is 1. The number of nitrogens with one attached hydrogen (secondary N) is 1. The van der Waals surface area contributed by atoms with Crippen LogP contribution in [-0.2, 0) is 4.79 Å². The summed E-state index contributed by atoms with van der Waals surface area (Å²) in [5, 5.41) is 2.92. The third-order valence-corrected chi connectivity index (χ3v) is 4.18. The Bertz CT molecular complexity index is 517. The van der Waals surface area contributed by atoms with E-state index in [1.165, 1.54) is 0 Å². The van der Waals surface area contributed by atoms with Gasteiger partial charge in [-0.25, -0.2) is 0 Å². The number of amides is 1. The molecule has 7 heteroatoms. The van der Waals surface area contributed by atoms with Crippen LogP contribution in [0.15, 0.2) is 28.7 Å². The quantitative estimate of drug-likeness (QED) is 0.764. The second kappa shape index (κ2) is 7.84. The minimum atomic E-state index is 0.00435. The summed E-state index contributed by atoms with van der Waals surface area (Å²) in [5.74, 6) is 0.00435. The van der Waals surface area contributed by atoms with E-state index in [1.54, 1.807) is 0 Å². The molecule has 1 aromatic rings. The molecule has 0 aliphatic carbocycles. The maximum atomic E-state index is 12.1. The molecule has 0 saturated carbocycles. The molecule has 0 aromatic heterocycles. The smallest absolute Gasteiger partial charge is 0.238 e. The molecular weight excluding hydrogens is 352 g/mol. The number of benzene rings is 1. The van der Waals surface area contributed by atoms with Crippen molar-refractivity contribution in [1.82, 2.24) is 9.80 Å². The van der Waals surface area contributed by atoms with Crippen LogP contribution in [0.3, 0.4) is 0 Å². The van der Waals surface area contributed by atoms with Crippen LogP contribution >= 0.6 is 28.1 Å². The lowest BCUT2D eigenvalue weighted by Gasteiger charge is -2.33. The lowest BCUT2D eigenvalue weighted by molar-refractivity contribution is -0.117. The summed E-state index contributed by atoms with van der Waals surface area (Å²) < 4.78 is 0.889. The second-order valence-electron chi connectivity index (χ2n) is 5.05. The molecule has 1 aromatic carbocycles. The number of anilines is 1. The van der Waals surface area contributed by atoms with Crippen LogP contribution in [0.5, 0.6) is 0 Å². The third-order valence-electron chi connectivity index (χ3n) is 3.36. The highest BCUT2D eigenvalue weighted by molar-refractivity contribution is 9.10. The summed E-state index contributed by atoms with van der Waals surface area (Å²) >= 11 is 8.34. The maximum Gasteiger partial charge on any atom is 0.238 e. The molecule has 114 valence electrons. The van der Waals surface area contributed by atoms with Gasteiger partial charge in [0.1, 0.15) is 0 Å². The van der Waals surface area contributed by atoms with Gasteiger partial charge in [-0.3, -0.25) is 14.6 Å². The van der Waals surface area contributed by atoms with Crippen molar-refractivity contribution in [3.8, 4) is 0 Å². The van der Waals surface area contributed by atoms with E-state index in [4.69, 9.17) is 18.0 Å². The number of hydrogen-bond donors (Lipinski definition) is 2. The second-order valence-corrected chi connectivity index (χ2v) is 6.43. The minimum absolute atomic E-state index is 0.00435. The van der Waals surface area contributed by atoms with Crippen molar-refractivity contribution in [2.45, 2.75) is 0 Å². The number of piperazine rings is 1.